The molecule has 0 fully saturated rings. The summed E-state index contributed by atoms with van der Waals surface area (Å²) >= 11 is 1.41. The molecule has 0 bridgehead atoms. The van der Waals surface area contributed by atoms with Gasteiger partial charge in [-0.3, -0.25) is 9.48 Å². The minimum atomic E-state index is -0.0233. The molecule has 3 aromatic rings. The van der Waals surface area contributed by atoms with Crippen LogP contribution in [0.1, 0.15) is 17.3 Å². The van der Waals surface area contributed by atoms with E-state index in [0.717, 1.165) is 21.7 Å². The number of hydrogen-bond donors (Lipinski definition) is 1. The summed E-state index contributed by atoms with van der Waals surface area (Å²) in [4.78, 5) is 12.9. The molecule has 0 spiro atoms. The molecule has 0 amide bonds. The van der Waals surface area contributed by atoms with E-state index in [0.29, 0.717) is 10.6 Å². The highest BCUT2D eigenvalue weighted by molar-refractivity contribution is 7.20. The zero-order valence-corrected chi connectivity index (χ0v) is 12.6. The molecule has 3 rings (SSSR count). The second-order valence-corrected chi connectivity index (χ2v) is 5.89. The zero-order valence-electron chi connectivity index (χ0n) is 11.8. The van der Waals surface area contributed by atoms with Crippen LogP contribution >= 0.6 is 11.3 Å². The molecule has 1 aromatic carbocycles. The Bertz CT molecular complexity index is 802. The Hall–Kier alpha value is -2.40. The molecule has 4 nitrogen and oxygen atoms in total. The van der Waals surface area contributed by atoms with Crippen LogP contribution in [-0.2, 0) is 7.05 Å². The van der Waals surface area contributed by atoms with E-state index in [2.05, 4.69) is 5.10 Å². The number of hydrogen-bond acceptors (Lipinski definition) is 4. The third-order valence-corrected chi connectivity index (χ3v) is 4.34. The van der Waals surface area contributed by atoms with Gasteiger partial charge < -0.3 is 5.73 Å². The highest BCUT2D eigenvalue weighted by Crippen LogP contribution is 2.44. The van der Waals surface area contributed by atoms with Crippen molar-refractivity contribution in [2.24, 2.45) is 7.05 Å². The molecule has 2 N–H and O–H groups in total. The molecule has 0 saturated carbocycles. The largest absolute Gasteiger partial charge is 0.390 e. The summed E-state index contributed by atoms with van der Waals surface area (Å²) in [7, 11) is 1.87. The second-order valence-electron chi connectivity index (χ2n) is 4.84. The van der Waals surface area contributed by atoms with E-state index < -0.39 is 0 Å². The van der Waals surface area contributed by atoms with Crippen LogP contribution in [0.3, 0.4) is 0 Å². The maximum atomic E-state index is 12.0. The van der Waals surface area contributed by atoms with Gasteiger partial charge in [0.25, 0.3) is 0 Å². The van der Waals surface area contributed by atoms with E-state index in [-0.39, 0.29) is 5.78 Å². The number of carbonyl (C=O) groups is 1. The number of ketones is 1. The summed E-state index contributed by atoms with van der Waals surface area (Å²) in [6.07, 6.45) is 1.88. The Kier molecular flexibility index (Phi) is 3.35. The standard InChI is InChI=1S/C16H15N3OS/c1-10(20)13-14(11-6-4-3-5-7-11)15(21-16(13)17)12-8-9-19(2)18-12/h3-9H,17H2,1-2H3. The molecule has 5 heteroatoms. The van der Waals surface area contributed by atoms with Crippen molar-refractivity contribution in [3.63, 3.8) is 0 Å². The van der Waals surface area contributed by atoms with E-state index in [9.17, 15) is 4.79 Å². The van der Waals surface area contributed by atoms with Gasteiger partial charge in [-0.05, 0) is 18.6 Å². The normalized spacial score (nSPS) is 10.8. The van der Waals surface area contributed by atoms with Gasteiger partial charge in [0.2, 0.25) is 0 Å². The fourth-order valence-electron chi connectivity index (χ4n) is 2.40. The lowest BCUT2D eigenvalue weighted by molar-refractivity contribution is 0.101. The lowest BCUT2D eigenvalue weighted by atomic mass is 9.98. The van der Waals surface area contributed by atoms with Gasteiger partial charge in [0.05, 0.1) is 15.4 Å². The van der Waals surface area contributed by atoms with E-state index >= 15 is 0 Å². The molecule has 0 radical (unpaired) electrons. The number of aromatic nitrogens is 2. The van der Waals surface area contributed by atoms with Crippen LogP contribution in [0.2, 0.25) is 0 Å². The van der Waals surface area contributed by atoms with Gasteiger partial charge in [-0.1, -0.05) is 30.3 Å². The van der Waals surface area contributed by atoms with Crippen LogP contribution in [0.25, 0.3) is 21.7 Å². The van der Waals surface area contributed by atoms with Crippen LogP contribution < -0.4 is 5.73 Å². The van der Waals surface area contributed by atoms with Crippen molar-refractivity contribution in [1.29, 1.82) is 0 Å². The molecule has 21 heavy (non-hydrogen) atoms. The number of nitrogens with zero attached hydrogens (tertiary/aromatic N) is 2. The van der Waals surface area contributed by atoms with Crippen LogP contribution in [0.4, 0.5) is 5.00 Å². The average molecular weight is 297 g/mol. The molecule has 0 aliphatic carbocycles. The Morgan fingerprint density at radius 1 is 1.24 bits per heavy atom. The van der Waals surface area contributed by atoms with Gasteiger partial charge in [0.15, 0.2) is 5.78 Å². The van der Waals surface area contributed by atoms with Crippen molar-refractivity contribution in [2.45, 2.75) is 6.92 Å². The number of benzene rings is 1. The Labute approximate surface area is 126 Å². The lowest BCUT2D eigenvalue weighted by Crippen LogP contribution is -1.97. The first kappa shape index (κ1) is 13.6. The van der Waals surface area contributed by atoms with Crippen molar-refractivity contribution in [1.82, 2.24) is 9.78 Å². The number of rotatable bonds is 3. The van der Waals surface area contributed by atoms with E-state index in [1.54, 1.807) is 11.6 Å². The summed E-state index contributed by atoms with van der Waals surface area (Å²) in [5, 5.41) is 4.98. The number of Topliss-reactive ketones (excluding diaryl/α,β-unsaturated/α-hetero) is 1. The van der Waals surface area contributed by atoms with Crippen LogP contribution in [-0.4, -0.2) is 15.6 Å². The number of carbonyl (C=O) groups excluding carboxylic acids is 1. The summed E-state index contributed by atoms with van der Waals surface area (Å²) in [5.41, 5.74) is 9.37. The molecule has 106 valence electrons. The first-order valence-corrected chi connectivity index (χ1v) is 7.38. The van der Waals surface area contributed by atoms with E-state index in [4.69, 9.17) is 5.73 Å². The Morgan fingerprint density at radius 3 is 2.52 bits per heavy atom. The molecule has 2 aromatic heterocycles. The van der Waals surface area contributed by atoms with Crippen molar-refractivity contribution in [3.8, 4) is 21.7 Å². The smallest absolute Gasteiger partial charge is 0.163 e. The number of nitrogens with two attached hydrogens (primary N) is 1. The molecule has 0 aliphatic heterocycles. The minimum absolute atomic E-state index is 0.0233. The first-order chi connectivity index (χ1) is 10.1. The van der Waals surface area contributed by atoms with Crippen LogP contribution in [0.15, 0.2) is 42.6 Å². The number of thiophene rings is 1. The third-order valence-electron chi connectivity index (χ3n) is 3.30. The molecule has 2 heterocycles. The fraction of sp³-hybridized carbons (Fsp3) is 0.125. The first-order valence-electron chi connectivity index (χ1n) is 6.56. The average Bonchev–Trinajstić information content (AvgIpc) is 3.03. The SMILES string of the molecule is CC(=O)c1c(N)sc(-c2ccn(C)n2)c1-c1ccccc1. The van der Waals surface area contributed by atoms with Gasteiger partial charge in [-0.2, -0.15) is 5.10 Å². The minimum Gasteiger partial charge on any atom is -0.390 e. The second kappa shape index (κ2) is 5.18. The van der Waals surface area contributed by atoms with Gasteiger partial charge in [-0.15, -0.1) is 11.3 Å². The predicted molar refractivity (Wildman–Crippen MR) is 86.4 cm³/mol. The topological polar surface area (TPSA) is 60.9 Å². The Morgan fingerprint density at radius 2 is 1.95 bits per heavy atom. The van der Waals surface area contributed by atoms with Crippen LogP contribution in [0, 0.1) is 0 Å². The van der Waals surface area contributed by atoms with Gasteiger partial charge in [-0.25, -0.2) is 0 Å². The summed E-state index contributed by atoms with van der Waals surface area (Å²) < 4.78 is 1.74. The van der Waals surface area contributed by atoms with Crippen molar-refractivity contribution < 1.29 is 4.79 Å². The van der Waals surface area contributed by atoms with Crippen molar-refractivity contribution >= 4 is 22.1 Å². The molecule has 0 aliphatic rings. The summed E-state index contributed by atoms with van der Waals surface area (Å²) in [6, 6.07) is 11.8. The maximum absolute atomic E-state index is 12.0. The molecular weight excluding hydrogens is 282 g/mol. The molecular formula is C16H15N3OS. The highest BCUT2D eigenvalue weighted by atomic mass is 32.1. The van der Waals surface area contributed by atoms with Gasteiger partial charge in [0.1, 0.15) is 5.69 Å². The summed E-state index contributed by atoms with van der Waals surface area (Å²) in [5.74, 6) is -0.0233. The molecule has 0 unspecified atom stereocenters. The number of aryl methyl sites for hydroxylation is 1. The third kappa shape index (κ3) is 2.36. The van der Waals surface area contributed by atoms with Crippen molar-refractivity contribution in [2.75, 3.05) is 5.73 Å². The number of nitrogen functional groups attached to an aromatic ring is 1. The van der Waals surface area contributed by atoms with Gasteiger partial charge in [0, 0.05) is 18.8 Å². The quantitative estimate of drug-likeness (QED) is 0.751. The van der Waals surface area contributed by atoms with Gasteiger partial charge >= 0.3 is 0 Å². The molecule has 0 atom stereocenters. The maximum Gasteiger partial charge on any atom is 0.163 e. The fourth-order valence-corrected chi connectivity index (χ4v) is 3.50. The Balaban J connectivity index is 2.31. The highest BCUT2D eigenvalue weighted by Gasteiger charge is 2.23. The lowest BCUT2D eigenvalue weighted by Gasteiger charge is -2.05. The number of anilines is 1. The van der Waals surface area contributed by atoms with E-state index in [1.165, 1.54) is 11.3 Å². The summed E-state index contributed by atoms with van der Waals surface area (Å²) in [6.45, 7) is 1.55. The van der Waals surface area contributed by atoms with E-state index in [1.807, 2.05) is 49.6 Å². The zero-order chi connectivity index (χ0) is 15.0. The van der Waals surface area contributed by atoms with Crippen molar-refractivity contribution in [3.05, 3.63) is 48.2 Å². The van der Waals surface area contributed by atoms with Crippen LogP contribution in [0.5, 0.6) is 0 Å². The monoisotopic (exact) mass is 297 g/mol. The predicted octanol–water partition coefficient (Wildman–Crippen LogP) is 3.60. The molecule has 0 saturated heterocycles.